The standard InChI is InChI=1S/C18H25NO5/c1-12-6-5-7-13(2)19(12)17(20)11-24-18(21)14-8-9-15(22-3)16(10-14)23-4/h8-10,12-13H,5-7,11H2,1-4H3/t12-,13+. The highest BCUT2D eigenvalue weighted by Gasteiger charge is 2.29. The summed E-state index contributed by atoms with van der Waals surface area (Å²) in [5, 5.41) is 0. The summed E-state index contributed by atoms with van der Waals surface area (Å²) in [7, 11) is 3.02. The Kier molecular flexibility index (Phi) is 6.06. The molecule has 1 heterocycles. The van der Waals surface area contributed by atoms with Crippen molar-refractivity contribution in [3.8, 4) is 11.5 Å². The largest absolute Gasteiger partial charge is 0.493 e. The van der Waals surface area contributed by atoms with Gasteiger partial charge in [0.2, 0.25) is 0 Å². The van der Waals surface area contributed by atoms with Gasteiger partial charge in [-0.25, -0.2) is 4.79 Å². The van der Waals surface area contributed by atoms with Crippen LogP contribution in [-0.4, -0.2) is 49.7 Å². The number of methoxy groups -OCH3 is 2. The molecule has 1 aromatic rings. The number of rotatable bonds is 5. The van der Waals surface area contributed by atoms with Crippen molar-refractivity contribution in [3.63, 3.8) is 0 Å². The van der Waals surface area contributed by atoms with E-state index in [4.69, 9.17) is 14.2 Å². The molecule has 0 spiro atoms. The number of carbonyl (C=O) groups excluding carboxylic acids is 2. The van der Waals surface area contributed by atoms with Crippen molar-refractivity contribution >= 4 is 11.9 Å². The SMILES string of the molecule is COc1ccc(C(=O)OCC(=O)N2[C@H](C)CCC[C@@H]2C)cc1OC. The third kappa shape index (κ3) is 3.99. The second kappa shape index (κ2) is 8.04. The number of nitrogens with zero attached hydrogens (tertiary/aromatic N) is 1. The van der Waals surface area contributed by atoms with Crippen molar-refractivity contribution < 1.29 is 23.8 Å². The average Bonchev–Trinajstić information content (AvgIpc) is 2.58. The lowest BCUT2D eigenvalue weighted by Crippen LogP contribution is -2.49. The van der Waals surface area contributed by atoms with Gasteiger partial charge in [0, 0.05) is 12.1 Å². The number of benzene rings is 1. The number of hydrogen-bond acceptors (Lipinski definition) is 5. The maximum Gasteiger partial charge on any atom is 0.338 e. The van der Waals surface area contributed by atoms with Gasteiger partial charge in [0.1, 0.15) is 0 Å². The number of carbonyl (C=O) groups is 2. The lowest BCUT2D eigenvalue weighted by atomic mass is 9.97. The fourth-order valence-corrected chi connectivity index (χ4v) is 3.16. The van der Waals surface area contributed by atoms with E-state index in [9.17, 15) is 9.59 Å². The molecule has 1 saturated heterocycles. The maximum absolute atomic E-state index is 12.4. The lowest BCUT2D eigenvalue weighted by molar-refractivity contribution is -0.140. The smallest absolute Gasteiger partial charge is 0.338 e. The molecule has 0 aromatic heterocycles. The third-order valence-corrected chi connectivity index (χ3v) is 4.43. The van der Waals surface area contributed by atoms with Gasteiger partial charge in [0.05, 0.1) is 19.8 Å². The van der Waals surface area contributed by atoms with E-state index >= 15 is 0 Å². The number of ether oxygens (including phenoxy) is 3. The normalized spacial score (nSPS) is 20.4. The van der Waals surface area contributed by atoms with Crippen LogP contribution in [0.1, 0.15) is 43.5 Å². The van der Waals surface area contributed by atoms with E-state index in [0.717, 1.165) is 19.3 Å². The molecule has 2 rings (SSSR count). The van der Waals surface area contributed by atoms with Crippen molar-refractivity contribution in [2.75, 3.05) is 20.8 Å². The molecule has 0 unspecified atom stereocenters. The molecule has 0 bridgehead atoms. The predicted octanol–water partition coefficient (Wildman–Crippen LogP) is 2.65. The molecule has 0 aliphatic carbocycles. The van der Waals surface area contributed by atoms with Crippen LogP contribution in [0.25, 0.3) is 0 Å². The van der Waals surface area contributed by atoms with Crippen LogP contribution in [0.3, 0.4) is 0 Å². The molecule has 1 aliphatic heterocycles. The Morgan fingerprint density at radius 3 is 2.29 bits per heavy atom. The number of hydrogen-bond donors (Lipinski definition) is 0. The van der Waals surface area contributed by atoms with E-state index < -0.39 is 5.97 Å². The highest BCUT2D eigenvalue weighted by atomic mass is 16.5. The minimum atomic E-state index is -0.554. The van der Waals surface area contributed by atoms with Crippen LogP contribution in [0.5, 0.6) is 11.5 Å². The van der Waals surface area contributed by atoms with Crippen LogP contribution in [0.4, 0.5) is 0 Å². The molecule has 0 saturated carbocycles. The van der Waals surface area contributed by atoms with Gasteiger partial charge in [-0.15, -0.1) is 0 Å². The topological polar surface area (TPSA) is 65.1 Å². The Hall–Kier alpha value is -2.24. The fourth-order valence-electron chi connectivity index (χ4n) is 3.16. The second-order valence-electron chi connectivity index (χ2n) is 6.08. The summed E-state index contributed by atoms with van der Waals surface area (Å²) in [5.74, 6) is 0.266. The minimum Gasteiger partial charge on any atom is -0.493 e. The zero-order valence-corrected chi connectivity index (χ0v) is 14.7. The summed E-state index contributed by atoms with van der Waals surface area (Å²) in [4.78, 5) is 26.4. The van der Waals surface area contributed by atoms with Gasteiger partial charge in [-0.3, -0.25) is 4.79 Å². The Balaban J connectivity index is 1.98. The molecule has 24 heavy (non-hydrogen) atoms. The monoisotopic (exact) mass is 335 g/mol. The molecule has 1 fully saturated rings. The first-order valence-corrected chi connectivity index (χ1v) is 8.18. The van der Waals surface area contributed by atoms with E-state index in [1.807, 2.05) is 18.7 Å². The summed E-state index contributed by atoms with van der Waals surface area (Å²) < 4.78 is 15.5. The zero-order valence-electron chi connectivity index (χ0n) is 14.7. The Bertz CT molecular complexity index is 591. The molecule has 1 amide bonds. The predicted molar refractivity (Wildman–Crippen MR) is 89.4 cm³/mol. The van der Waals surface area contributed by atoms with Gasteiger partial charge in [0.25, 0.3) is 5.91 Å². The van der Waals surface area contributed by atoms with Crippen LogP contribution in [-0.2, 0) is 9.53 Å². The first-order chi connectivity index (χ1) is 11.5. The Morgan fingerprint density at radius 1 is 1.08 bits per heavy atom. The summed E-state index contributed by atoms with van der Waals surface area (Å²) in [6.45, 7) is 3.81. The van der Waals surface area contributed by atoms with Crippen molar-refractivity contribution in [2.45, 2.75) is 45.2 Å². The van der Waals surface area contributed by atoms with Crippen molar-refractivity contribution in [1.29, 1.82) is 0 Å². The highest BCUT2D eigenvalue weighted by molar-refractivity contribution is 5.92. The first-order valence-electron chi connectivity index (χ1n) is 8.18. The summed E-state index contributed by atoms with van der Waals surface area (Å²) in [6, 6.07) is 5.12. The molecular formula is C18H25NO5. The van der Waals surface area contributed by atoms with Crippen LogP contribution < -0.4 is 9.47 Å². The van der Waals surface area contributed by atoms with Crippen LogP contribution in [0.2, 0.25) is 0 Å². The van der Waals surface area contributed by atoms with Gasteiger partial charge in [-0.1, -0.05) is 0 Å². The first kappa shape index (κ1) is 18.1. The van der Waals surface area contributed by atoms with E-state index in [1.165, 1.54) is 20.3 Å². The van der Waals surface area contributed by atoms with E-state index in [0.29, 0.717) is 17.1 Å². The summed E-state index contributed by atoms with van der Waals surface area (Å²) in [6.07, 6.45) is 3.09. The number of amides is 1. The molecule has 6 nitrogen and oxygen atoms in total. The molecule has 2 atom stereocenters. The zero-order chi connectivity index (χ0) is 17.7. The minimum absolute atomic E-state index is 0.150. The number of likely N-dealkylation sites (tertiary alicyclic amines) is 1. The van der Waals surface area contributed by atoms with Gasteiger partial charge < -0.3 is 19.1 Å². The van der Waals surface area contributed by atoms with Crippen LogP contribution >= 0.6 is 0 Å². The Morgan fingerprint density at radius 2 is 1.71 bits per heavy atom. The third-order valence-electron chi connectivity index (χ3n) is 4.43. The molecule has 1 aromatic carbocycles. The fraction of sp³-hybridized carbons (Fsp3) is 0.556. The number of piperidine rings is 1. The lowest BCUT2D eigenvalue weighted by Gasteiger charge is -2.38. The van der Waals surface area contributed by atoms with Crippen molar-refractivity contribution in [2.24, 2.45) is 0 Å². The average molecular weight is 335 g/mol. The highest BCUT2D eigenvalue weighted by Crippen LogP contribution is 2.28. The molecule has 0 radical (unpaired) electrons. The van der Waals surface area contributed by atoms with Gasteiger partial charge >= 0.3 is 5.97 Å². The molecule has 6 heteroatoms. The van der Waals surface area contributed by atoms with Crippen molar-refractivity contribution in [3.05, 3.63) is 23.8 Å². The van der Waals surface area contributed by atoms with Crippen LogP contribution in [0.15, 0.2) is 18.2 Å². The van der Waals surface area contributed by atoms with E-state index in [-0.39, 0.29) is 24.6 Å². The van der Waals surface area contributed by atoms with Crippen LogP contribution in [0, 0.1) is 0 Å². The van der Waals surface area contributed by atoms with Gasteiger partial charge in [-0.2, -0.15) is 0 Å². The number of esters is 1. The molecule has 1 aliphatic rings. The Labute approximate surface area is 142 Å². The molecule has 132 valence electrons. The molecule has 0 N–H and O–H groups in total. The molecular weight excluding hydrogens is 310 g/mol. The summed E-state index contributed by atoms with van der Waals surface area (Å²) in [5.41, 5.74) is 0.320. The quantitative estimate of drug-likeness (QED) is 0.774. The maximum atomic E-state index is 12.4. The van der Waals surface area contributed by atoms with Gasteiger partial charge in [0.15, 0.2) is 18.1 Å². The summed E-state index contributed by atoms with van der Waals surface area (Å²) >= 11 is 0. The van der Waals surface area contributed by atoms with E-state index in [1.54, 1.807) is 12.1 Å². The van der Waals surface area contributed by atoms with Crippen molar-refractivity contribution in [1.82, 2.24) is 4.90 Å². The van der Waals surface area contributed by atoms with Gasteiger partial charge in [-0.05, 0) is 51.3 Å². The second-order valence-corrected chi connectivity index (χ2v) is 6.08. The van der Waals surface area contributed by atoms with E-state index in [2.05, 4.69) is 0 Å².